The molecule has 0 radical (unpaired) electrons. The zero-order valence-corrected chi connectivity index (χ0v) is 16.6. The van der Waals surface area contributed by atoms with E-state index in [9.17, 15) is 9.59 Å². The number of halogens is 1. The summed E-state index contributed by atoms with van der Waals surface area (Å²) in [7, 11) is 1.86. The van der Waals surface area contributed by atoms with Gasteiger partial charge >= 0.3 is 0 Å². The first-order chi connectivity index (χ1) is 12.0. The highest BCUT2D eigenvalue weighted by Crippen LogP contribution is 2.28. The number of piperidine rings is 1. The van der Waals surface area contributed by atoms with E-state index in [1.807, 2.05) is 43.1 Å². The molecule has 0 saturated carbocycles. The first-order valence-corrected chi connectivity index (χ1v) is 8.98. The highest BCUT2D eigenvalue weighted by Gasteiger charge is 2.26. The average Bonchev–Trinajstić information content (AvgIpc) is 2.61. The van der Waals surface area contributed by atoms with Crippen LogP contribution in [0.25, 0.3) is 0 Å². The van der Waals surface area contributed by atoms with Crippen molar-refractivity contribution in [2.75, 3.05) is 26.7 Å². The first kappa shape index (κ1) is 22.3. The van der Waals surface area contributed by atoms with E-state index in [0.717, 1.165) is 31.5 Å². The van der Waals surface area contributed by atoms with Gasteiger partial charge in [-0.15, -0.1) is 12.4 Å². The van der Waals surface area contributed by atoms with Gasteiger partial charge in [0.05, 0.1) is 19.1 Å². The number of ether oxygens (including phenoxy) is 1. The Labute approximate surface area is 162 Å². The smallest absolute Gasteiger partial charge is 0.224 e. The summed E-state index contributed by atoms with van der Waals surface area (Å²) in [6, 6.07) is 7.43. The lowest BCUT2D eigenvalue weighted by atomic mass is 10.00. The van der Waals surface area contributed by atoms with Gasteiger partial charge in [-0.05, 0) is 38.9 Å². The highest BCUT2D eigenvalue weighted by atomic mass is 35.5. The van der Waals surface area contributed by atoms with Crippen LogP contribution in [-0.2, 0) is 9.59 Å². The quantitative estimate of drug-likeness (QED) is 0.757. The molecule has 2 amide bonds. The summed E-state index contributed by atoms with van der Waals surface area (Å²) in [5.41, 5.74) is 0.839. The minimum atomic E-state index is -0.392. The SMILES string of the molecule is CCOc1ccccc1C(CC(=O)N(C)C1CCNCC1)NC(C)=O.Cl. The van der Waals surface area contributed by atoms with E-state index < -0.39 is 6.04 Å². The van der Waals surface area contributed by atoms with Gasteiger partial charge in [0, 0.05) is 25.6 Å². The van der Waals surface area contributed by atoms with Crippen molar-refractivity contribution < 1.29 is 14.3 Å². The predicted octanol–water partition coefficient (Wildman–Crippen LogP) is 2.28. The van der Waals surface area contributed by atoms with Crippen LogP contribution in [-0.4, -0.2) is 49.5 Å². The molecule has 0 spiro atoms. The van der Waals surface area contributed by atoms with E-state index in [4.69, 9.17) is 4.74 Å². The molecule has 1 saturated heterocycles. The van der Waals surface area contributed by atoms with E-state index in [0.29, 0.717) is 12.4 Å². The Hall–Kier alpha value is -1.79. The van der Waals surface area contributed by atoms with Crippen LogP contribution < -0.4 is 15.4 Å². The van der Waals surface area contributed by atoms with Gasteiger partial charge in [-0.3, -0.25) is 9.59 Å². The molecule has 1 heterocycles. The van der Waals surface area contributed by atoms with Crippen molar-refractivity contribution in [3.63, 3.8) is 0 Å². The van der Waals surface area contributed by atoms with Gasteiger partial charge < -0.3 is 20.3 Å². The fourth-order valence-electron chi connectivity index (χ4n) is 3.26. The monoisotopic (exact) mass is 383 g/mol. The van der Waals surface area contributed by atoms with E-state index in [1.165, 1.54) is 6.92 Å². The second-order valence-corrected chi connectivity index (χ2v) is 6.41. The number of nitrogens with one attached hydrogen (secondary N) is 2. The van der Waals surface area contributed by atoms with Crippen LogP contribution in [0.3, 0.4) is 0 Å². The Kier molecular flexibility index (Phi) is 9.44. The summed E-state index contributed by atoms with van der Waals surface area (Å²) < 4.78 is 5.67. The lowest BCUT2D eigenvalue weighted by molar-refractivity contribution is -0.133. The minimum absolute atomic E-state index is 0. The maximum Gasteiger partial charge on any atom is 0.224 e. The van der Waals surface area contributed by atoms with Gasteiger partial charge in [-0.25, -0.2) is 0 Å². The molecule has 26 heavy (non-hydrogen) atoms. The van der Waals surface area contributed by atoms with E-state index in [-0.39, 0.29) is 36.7 Å². The van der Waals surface area contributed by atoms with Crippen LogP contribution in [0, 0.1) is 0 Å². The Morgan fingerprint density at radius 3 is 2.58 bits per heavy atom. The molecule has 2 rings (SSSR count). The molecule has 2 N–H and O–H groups in total. The maximum absolute atomic E-state index is 12.8. The van der Waals surface area contributed by atoms with Gasteiger partial charge in [0.1, 0.15) is 5.75 Å². The van der Waals surface area contributed by atoms with E-state index >= 15 is 0 Å². The Bertz CT molecular complexity index is 591. The van der Waals surface area contributed by atoms with Crippen molar-refractivity contribution in [1.29, 1.82) is 0 Å². The molecule has 1 unspecified atom stereocenters. The summed E-state index contributed by atoms with van der Waals surface area (Å²) in [6.45, 7) is 5.79. The topological polar surface area (TPSA) is 70.7 Å². The maximum atomic E-state index is 12.8. The number of rotatable bonds is 7. The van der Waals surface area contributed by atoms with Crippen LogP contribution in [0.15, 0.2) is 24.3 Å². The molecule has 1 aromatic rings. The molecule has 0 aliphatic carbocycles. The van der Waals surface area contributed by atoms with Crippen molar-refractivity contribution in [2.24, 2.45) is 0 Å². The number of benzene rings is 1. The van der Waals surface area contributed by atoms with Crippen LogP contribution in [0.5, 0.6) is 5.75 Å². The first-order valence-electron chi connectivity index (χ1n) is 8.98. The van der Waals surface area contributed by atoms with Crippen molar-refractivity contribution in [3.8, 4) is 5.75 Å². The zero-order valence-electron chi connectivity index (χ0n) is 15.8. The van der Waals surface area contributed by atoms with Crippen LogP contribution >= 0.6 is 12.4 Å². The molecule has 0 aromatic heterocycles. The van der Waals surface area contributed by atoms with Crippen molar-refractivity contribution in [1.82, 2.24) is 15.5 Å². The zero-order chi connectivity index (χ0) is 18.2. The molecule has 1 atom stereocenters. The lowest BCUT2D eigenvalue weighted by Crippen LogP contribution is -2.45. The molecule has 1 aliphatic heterocycles. The van der Waals surface area contributed by atoms with Gasteiger partial charge in [-0.1, -0.05) is 18.2 Å². The number of carbonyl (C=O) groups is 2. The molecule has 6 nitrogen and oxygen atoms in total. The van der Waals surface area contributed by atoms with Crippen LogP contribution in [0.4, 0.5) is 0 Å². The Morgan fingerprint density at radius 1 is 1.31 bits per heavy atom. The standard InChI is InChI=1S/C19H29N3O3.ClH/c1-4-25-18-8-6-5-7-16(18)17(21-14(2)23)13-19(24)22(3)15-9-11-20-12-10-15;/h5-8,15,17,20H,4,9-13H2,1-3H3,(H,21,23);1H. The van der Waals surface area contributed by atoms with Gasteiger partial charge in [0.25, 0.3) is 0 Å². The van der Waals surface area contributed by atoms with E-state index in [1.54, 1.807) is 0 Å². The lowest BCUT2D eigenvalue weighted by Gasteiger charge is -2.33. The van der Waals surface area contributed by atoms with Crippen molar-refractivity contribution in [3.05, 3.63) is 29.8 Å². The van der Waals surface area contributed by atoms with Gasteiger partial charge in [0.15, 0.2) is 0 Å². The number of hydrogen-bond acceptors (Lipinski definition) is 4. The molecule has 146 valence electrons. The Balaban J connectivity index is 0.00000338. The van der Waals surface area contributed by atoms with Crippen LogP contribution in [0.2, 0.25) is 0 Å². The van der Waals surface area contributed by atoms with Crippen LogP contribution in [0.1, 0.15) is 44.7 Å². The van der Waals surface area contributed by atoms with Crippen molar-refractivity contribution in [2.45, 2.75) is 45.2 Å². The largest absolute Gasteiger partial charge is 0.494 e. The summed E-state index contributed by atoms with van der Waals surface area (Å²) in [5.74, 6) is 0.589. The van der Waals surface area contributed by atoms with Gasteiger partial charge in [-0.2, -0.15) is 0 Å². The second-order valence-electron chi connectivity index (χ2n) is 6.41. The molecular formula is C19H30ClN3O3. The summed E-state index contributed by atoms with van der Waals surface area (Å²) in [4.78, 5) is 26.3. The number of para-hydroxylation sites is 1. The highest BCUT2D eigenvalue weighted by molar-refractivity contribution is 5.85. The van der Waals surface area contributed by atoms with Gasteiger partial charge in [0.2, 0.25) is 11.8 Å². The minimum Gasteiger partial charge on any atom is -0.494 e. The number of amides is 2. The molecule has 1 aliphatic rings. The molecule has 0 bridgehead atoms. The normalized spacial score (nSPS) is 15.5. The number of nitrogens with zero attached hydrogens (tertiary/aromatic N) is 1. The number of hydrogen-bond donors (Lipinski definition) is 2. The summed E-state index contributed by atoms with van der Waals surface area (Å²) in [5, 5.41) is 6.22. The fraction of sp³-hybridized carbons (Fsp3) is 0.579. The Morgan fingerprint density at radius 2 is 1.96 bits per heavy atom. The molecule has 1 fully saturated rings. The predicted molar refractivity (Wildman–Crippen MR) is 105 cm³/mol. The third-order valence-corrected chi connectivity index (χ3v) is 4.60. The molecule has 7 heteroatoms. The molecule has 1 aromatic carbocycles. The fourth-order valence-corrected chi connectivity index (χ4v) is 3.26. The average molecular weight is 384 g/mol. The number of carbonyl (C=O) groups excluding carboxylic acids is 2. The summed E-state index contributed by atoms with van der Waals surface area (Å²) >= 11 is 0. The third kappa shape index (κ3) is 6.18. The van der Waals surface area contributed by atoms with E-state index in [2.05, 4.69) is 10.6 Å². The third-order valence-electron chi connectivity index (χ3n) is 4.60. The molecular weight excluding hydrogens is 354 g/mol. The summed E-state index contributed by atoms with van der Waals surface area (Å²) in [6.07, 6.45) is 2.15. The second kappa shape index (κ2) is 11.0. The van der Waals surface area contributed by atoms with Crippen molar-refractivity contribution >= 4 is 24.2 Å².